The van der Waals surface area contributed by atoms with Gasteiger partial charge in [-0.1, -0.05) is 0 Å². The first kappa shape index (κ1) is 16.5. The minimum Gasteiger partial charge on any atom is -0.450 e. The Morgan fingerprint density at radius 2 is 1.36 bits per heavy atom. The average molecular weight is 313 g/mol. The normalized spacial score (nSPS) is 19.0. The van der Waals surface area contributed by atoms with Crippen LogP contribution in [0.15, 0.2) is 0 Å². The molecule has 0 radical (unpaired) electrons. The molecule has 0 aliphatic carbocycles. The molecule has 0 bridgehead atoms. The smallest absolute Gasteiger partial charge is 0.409 e. The minimum atomic E-state index is -0.348. The van der Waals surface area contributed by atoms with E-state index in [0.29, 0.717) is 59.1 Å². The van der Waals surface area contributed by atoms with Crippen molar-refractivity contribution in [1.82, 2.24) is 14.7 Å². The second-order valence-corrected chi connectivity index (χ2v) is 5.24. The molecule has 0 N–H and O–H groups in total. The van der Waals surface area contributed by atoms with E-state index in [-0.39, 0.29) is 24.3 Å². The Morgan fingerprint density at radius 1 is 0.864 bits per heavy atom. The van der Waals surface area contributed by atoms with Crippen LogP contribution in [0.5, 0.6) is 0 Å². The second-order valence-electron chi connectivity index (χ2n) is 5.24. The van der Waals surface area contributed by atoms with Gasteiger partial charge in [0.1, 0.15) is 6.42 Å². The zero-order valence-electron chi connectivity index (χ0n) is 13.0. The molecular weight excluding hydrogens is 290 g/mol. The van der Waals surface area contributed by atoms with Crippen molar-refractivity contribution >= 4 is 17.9 Å². The molecular formula is C14H23N3O5. The number of rotatable bonds is 3. The van der Waals surface area contributed by atoms with Crippen LogP contribution < -0.4 is 0 Å². The van der Waals surface area contributed by atoms with Crippen LogP contribution in [0.25, 0.3) is 0 Å². The number of hydrogen-bond acceptors (Lipinski definition) is 5. The van der Waals surface area contributed by atoms with E-state index in [0.717, 1.165) is 0 Å². The lowest BCUT2D eigenvalue weighted by Crippen LogP contribution is -2.51. The summed E-state index contributed by atoms with van der Waals surface area (Å²) in [5.41, 5.74) is 0. The van der Waals surface area contributed by atoms with Gasteiger partial charge in [0.05, 0.1) is 19.8 Å². The molecule has 2 fully saturated rings. The second kappa shape index (κ2) is 7.98. The summed E-state index contributed by atoms with van der Waals surface area (Å²) in [5, 5.41) is 0. The first-order valence-electron chi connectivity index (χ1n) is 7.66. The Balaban J connectivity index is 1.75. The van der Waals surface area contributed by atoms with E-state index in [1.165, 1.54) is 0 Å². The number of carbonyl (C=O) groups excluding carboxylic acids is 3. The molecule has 124 valence electrons. The van der Waals surface area contributed by atoms with Crippen LogP contribution in [0.3, 0.4) is 0 Å². The van der Waals surface area contributed by atoms with Crippen molar-refractivity contribution < 1.29 is 23.9 Å². The van der Waals surface area contributed by atoms with Crippen LogP contribution >= 0.6 is 0 Å². The van der Waals surface area contributed by atoms with Gasteiger partial charge >= 0.3 is 6.09 Å². The van der Waals surface area contributed by atoms with Gasteiger partial charge in [-0.05, 0) is 6.92 Å². The highest BCUT2D eigenvalue weighted by Gasteiger charge is 2.27. The molecule has 0 aromatic rings. The number of piperazine rings is 1. The van der Waals surface area contributed by atoms with E-state index in [1.807, 2.05) is 0 Å². The fourth-order valence-electron chi connectivity index (χ4n) is 2.52. The molecule has 0 aromatic heterocycles. The molecule has 8 heteroatoms. The summed E-state index contributed by atoms with van der Waals surface area (Å²) in [6.07, 6.45) is -0.460. The summed E-state index contributed by atoms with van der Waals surface area (Å²) in [4.78, 5) is 40.7. The van der Waals surface area contributed by atoms with E-state index in [2.05, 4.69) is 0 Å². The summed E-state index contributed by atoms with van der Waals surface area (Å²) in [6.45, 7) is 6.00. The van der Waals surface area contributed by atoms with Crippen molar-refractivity contribution in [2.45, 2.75) is 13.3 Å². The highest BCUT2D eigenvalue weighted by atomic mass is 16.6. The summed E-state index contributed by atoms with van der Waals surface area (Å²) in [7, 11) is 0. The Labute approximate surface area is 129 Å². The third-order valence-corrected chi connectivity index (χ3v) is 3.82. The van der Waals surface area contributed by atoms with Crippen LogP contribution in [0.2, 0.25) is 0 Å². The lowest BCUT2D eigenvalue weighted by molar-refractivity contribution is -0.143. The lowest BCUT2D eigenvalue weighted by atomic mass is 10.2. The van der Waals surface area contributed by atoms with Gasteiger partial charge < -0.3 is 24.2 Å². The van der Waals surface area contributed by atoms with E-state index >= 15 is 0 Å². The predicted octanol–water partition coefficient (Wildman–Crippen LogP) is -0.464. The highest BCUT2D eigenvalue weighted by Crippen LogP contribution is 2.08. The molecule has 0 atom stereocenters. The van der Waals surface area contributed by atoms with Crippen LogP contribution in [0, 0.1) is 0 Å². The minimum absolute atomic E-state index is 0.112. The molecule has 0 aromatic carbocycles. The van der Waals surface area contributed by atoms with Crippen molar-refractivity contribution in [2.75, 3.05) is 59.1 Å². The summed E-state index contributed by atoms with van der Waals surface area (Å²) >= 11 is 0. The summed E-state index contributed by atoms with van der Waals surface area (Å²) in [5.74, 6) is -0.332. The lowest BCUT2D eigenvalue weighted by Gasteiger charge is -2.34. The SMILES string of the molecule is CCOC(=O)N1CCN(C(=O)CC(=O)N2CCOCC2)CC1. The molecule has 22 heavy (non-hydrogen) atoms. The van der Waals surface area contributed by atoms with Gasteiger partial charge in [0, 0.05) is 39.3 Å². The molecule has 2 saturated heterocycles. The van der Waals surface area contributed by atoms with Crippen molar-refractivity contribution in [3.05, 3.63) is 0 Å². The van der Waals surface area contributed by atoms with Gasteiger partial charge in [-0.3, -0.25) is 9.59 Å². The maximum atomic E-state index is 12.2. The molecule has 0 unspecified atom stereocenters. The van der Waals surface area contributed by atoms with E-state index < -0.39 is 0 Å². The van der Waals surface area contributed by atoms with E-state index in [9.17, 15) is 14.4 Å². The maximum Gasteiger partial charge on any atom is 0.409 e. The third kappa shape index (κ3) is 4.33. The van der Waals surface area contributed by atoms with Gasteiger partial charge in [-0.25, -0.2) is 4.79 Å². The van der Waals surface area contributed by atoms with Crippen LogP contribution in [-0.4, -0.2) is 91.7 Å². The molecule has 2 aliphatic heterocycles. The maximum absolute atomic E-state index is 12.2. The van der Waals surface area contributed by atoms with Gasteiger partial charge in [0.15, 0.2) is 0 Å². The van der Waals surface area contributed by atoms with E-state index in [4.69, 9.17) is 9.47 Å². The fourth-order valence-corrected chi connectivity index (χ4v) is 2.52. The van der Waals surface area contributed by atoms with Crippen LogP contribution in [0.4, 0.5) is 4.79 Å². The van der Waals surface area contributed by atoms with Crippen molar-refractivity contribution in [3.8, 4) is 0 Å². The highest BCUT2D eigenvalue weighted by molar-refractivity contribution is 5.97. The van der Waals surface area contributed by atoms with Gasteiger partial charge in [0.2, 0.25) is 11.8 Å². The molecule has 2 aliphatic rings. The number of hydrogen-bond donors (Lipinski definition) is 0. The zero-order valence-corrected chi connectivity index (χ0v) is 13.0. The standard InChI is InChI=1S/C14H23N3O5/c1-2-22-14(20)17-5-3-15(4-6-17)12(18)11-13(19)16-7-9-21-10-8-16/h2-11H2,1H3. The number of morpholine rings is 1. The monoisotopic (exact) mass is 313 g/mol. The molecule has 2 heterocycles. The van der Waals surface area contributed by atoms with Crippen molar-refractivity contribution in [3.63, 3.8) is 0 Å². The predicted molar refractivity (Wildman–Crippen MR) is 77.2 cm³/mol. The molecule has 0 saturated carbocycles. The molecule has 2 rings (SSSR count). The quantitative estimate of drug-likeness (QED) is 0.659. The van der Waals surface area contributed by atoms with Gasteiger partial charge in [-0.2, -0.15) is 0 Å². The van der Waals surface area contributed by atoms with Gasteiger partial charge in [0.25, 0.3) is 0 Å². The first-order valence-corrected chi connectivity index (χ1v) is 7.66. The number of nitrogens with zero attached hydrogens (tertiary/aromatic N) is 3. The van der Waals surface area contributed by atoms with Crippen LogP contribution in [0.1, 0.15) is 13.3 Å². The number of carbonyl (C=O) groups is 3. The fraction of sp³-hybridized carbons (Fsp3) is 0.786. The molecule has 3 amide bonds. The Kier molecular flexibility index (Phi) is 6.00. The van der Waals surface area contributed by atoms with Crippen molar-refractivity contribution in [2.24, 2.45) is 0 Å². The third-order valence-electron chi connectivity index (χ3n) is 3.82. The zero-order chi connectivity index (χ0) is 15.9. The average Bonchev–Trinajstić information content (AvgIpc) is 2.56. The van der Waals surface area contributed by atoms with Crippen LogP contribution in [-0.2, 0) is 19.1 Å². The Hall–Kier alpha value is -1.83. The largest absolute Gasteiger partial charge is 0.450 e. The molecule has 8 nitrogen and oxygen atoms in total. The van der Waals surface area contributed by atoms with E-state index in [1.54, 1.807) is 21.6 Å². The van der Waals surface area contributed by atoms with Gasteiger partial charge in [-0.15, -0.1) is 0 Å². The first-order chi connectivity index (χ1) is 10.6. The Morgan fingerprint density at radius 3 is 1.91 bits per heavy atom. The topological polar surface area (TPSA) is 79.4 Å². The molecule has 0 spiro atoms. The Bertz CT molecular complexity index is 415. The van der Waals surface area contributed by atoms with Crippen molar-refractivity contribution in [1.29, 1.82) is 0 Å². The number of ether oxygens (including phenoxy) is 2. The summed E-state index contributed by atoms with van der Waals surface area (Å²) < 4.78 is 10.1. The number of amides is 3. The summed E-state index contributed by atoms with van der Waals surface area (Å²) in [6, 6.07) is 0.